The van der Waals surface area contributed by atoms with Gasteiger partial charge in [0.15, 0.2) is 6.61 Å². The lowest BCUT2D eigenvalue weighted by Crippen LogP contribution is -2.21. The normalized spacial score (nSPS) is 10.4. The molecule has 0 aromatic heterocycles. The van der Waals surface area contributed by atoms with Crippen molar-refractivity contribution < 1.29 is 14.3 Å². The number of amides is 1. The van der Waals surface area contributed by atoms with Gasteiger partial charge in [0.05, 0.1) is 20.6 Å². The average Bonchev–Trinajstić information content (AvgIpc) is 2.70. The van der Waals surface area contributed by atoms with Gasteiger partial charge in [0.25, 0.3) is 5.91 Å². The Kier molecular flexibility index (Phi) is 6.57. The highest BCUT2D eigenvalue weighted by Crippen LogP contribution is 2.32. The van der Waals surface area contributed by atoms with Crippen LogP contribution in [0.4, 0.5) is 5.69 Å². The fraction of sp³-hybridized carbons (Fsp3) is 0.0476. The summed E-state index contributed by atoms with van der Waals surface area (Å²) in [7, 11) is 0. The van der Waals surface area contributed by atoms with Crippen LogP contribution < -0.4 is 5.32 Å². The van der Waals surface area contributed by atoms with Gasteiger partial charge < -0.3 is 10.1 Å². The van der Waals surface area contributed by atoms with E-state index in [1.165, 1.54) is 12.1 Å². The first-order valence-corrected chi connectivity index (χ1v) is 9.35. The van der Waals surface area contributed by atoms with Gasteiger partial charge in [-0.25, -0.2) is 4.79 Å². The minimum absolute atomic E-state index is 0.0194. The van der Waals surface area contributed by atoms with Gasteiger partial charge in [-0.2, -0.15) is 0 Å². The van der Waals surface area contributed by atoms with Crippen molar-refractivity contribution >= 4 is 52.4 Å². The molecule has 0 saturated carbocycles. The fourth-order valence-electron chi connectivity index (χ4n) is 2.57. The van der Waals surface area contributed by atoms with Crippen molar-refractivity contribution in [3.63, 3.8) is 0 Å². The number of carbonyl (C=O) groups excluding carboxylic acids is 2. The van der Waals surface area contributed by atoms with Crippen molar-refractivity contribution in [3.8, 4) is 11.1 Å². The molecule has 0 spiro atoms. The van der Waals surface area contributed by atoms with E-state index in [0.717, 1.165) is 11.1 Å². The number of benzene rings is 3. The lowest BCUT2D eigenvalue weighted by Gasteiger charge is -2.12. The lowest BCUT2D eigenvalue weighted by molar-refractivity contribution is -0.119. The average molecular weight is 435 g/mol. The van der Waals surface area contributed by atoms with E-state index in [-0.39, 0.29) is 20.6 Å². The van der Waals surface area contributed by atoms with E-state index < -0.39 is 18.5 Å². The largest absolute Gasteiger partial charge is 0.452 e. The number of anilines is 1. The van der Waals surface area contributed by atoms with Crippen molar-refractivity contribution in [1.82, 2.24) is 0 Å². The monoisotopic (exact) mass is 433 g/mol. The Balaban J connectivity index is 1.70. The summed E-state index contributed by atoms with van der Waals surface area (Å²) in [5.74, 6) is -1.32. The molecule has 3 aromatic rings. The second-order valence-electron chi connectivity index (χ2n) is 5.75. The van der Waals surface area contributed by atoms with Crippen LogP contribution in [-0.4, -0.2) is 18.5 Å². The summed E-state index contributed by atoms with van der Waals surface area (Å²) in [6.45, 7) is -0.499. The summed E-state index contributed by atoms with van der Waals surface area (Å²) in [5, 5.41) is 2.99. The minimum Gasteiger partial charge on any atom is -0.452 e. The zero-order valence-electron chi connectivity index (χ0n) is 14.4. The van der Waals surface area contributed by atoms with Crippen LogP contribution in [0.1, 0.15) is 10.4 Å². The summed E-state index contributed by atoms with van der Waals surface area (Å²) in [4.78, 5) is 24.5. The van der Waals surface area contributed by atoms with E-state index >= 15 is 0 Å². The van der Waals surface area contributed by atoms with Crippen molar-refractivity contribution in [1.29, 1.82) is 0 Å². The zero-order chi connectivity index (χ0) is 20.1. The molecule has 142 valence electrons. The third-order valence-electron chi connectivity index (χ3n) is 3.87. The third-order valence-corrected chi connectivity index (χ3v) is 4.99. The van der Waals surface area contributed by atoms with Crippen LogP contribution in [0.2, 0.25) is 15.1 Å². The van der Waals surface area contributed by atoms with Crippen LogP contribution in [-0.2, 0) is 9.53 Å². The molecule has 0 fully saturated rings. The van der Waals surface area contributed by atoms with Gasteiger partial charge in [-0.1, -0.05) is 83.3 Å². The number of hydrogen-bond acceptors (Lipinski definition) is 3. The molecular formula is C21H14Cl3NO3. The second-order valence-corrected chi connectivity index (χ2v) is 6.95. The summed E-state index contributed by atoms with van der Waals surface area (Å²) < 4.78 is 5.05. The van der Waals surface area contributed by atoms with Gasteiger partial charge >= 0.3 is 5.97 Å². The molecule has 0 atom stereocenters. The Morgan fingerprint density at radius 3 is 2.21 bits per heavy atom. The molecule has 0 saturated heterocycles. The molecule has 0 unspecified atom stereocenters. The van der Waals surface area contributed by atoms with Crippen LogP contribution in [0.5, 0.6) is 0 Å². The molecule has 0 bridgehead atoms. The molecule has 3 rings (SSSR count). The minimum atomic E-state index is -0.830. The van der Waals surface area contributed by atoms with E-state index in [0.29, 0.717) is 5.69 Å². The van der Waals surface area contributed by atoms with E-state index in [4.69, 9.17) is 39.5 Å². The number of carbonyl (C=O) groups is 2. The number of para-hydroxylation sites is 1. The highest BCUT2D eigenvalue weighted by atomic mass is 35.5. The topological polar surface area (TPSA) is 55.4 Å². The first kappa shape index (κ1) is 20.2. The number of halogens is 3. The molecule has 0 aliphatic rings. The number of esters is 1. The molecule has 0 aliphatic carbocycles. The van der Waals surface area contributed by atoms with E-state index in [1.807, 2.05) is 42.5 Å². The summed E-state index contributed by atoms with van der Waals surface area (Å²) in [5.41, 5.74) is 2.33. The molecule has 7 heteroatoms. The van der Waals surface area contributed by atoms with Crippen LogP contribution in [0.15, 0.2) is 66.7 Å². The first-order chi connectivity index (χ1) is 13.5. The summed E-state index contributed by atoms with van der Waals surface area (Å²) in [6.07, 6.45) is 0. The number of hydrogen-bond donors (Lipinski definition) is 1. The first-order valence-electron chi connectivity index (χ1n) is 8.22. The zero-order valence-corrected chi connectivity index (χ0v) is 16.7. The number of rotatable bonds is 5. The van der Waals surface area contributed by atoms with Crippen LogP contribution in [0.25, 0.3) is 11.1 Å². The van der Waals surface area contributed by atoms with Crippen molar-refractivity contribution in [2.24, 2.45) is 0 Å². The maximum atomic E-state index is 12.3. The van der Waals surface area contributed by atoms with Crippen molar-refractivity contribution in [2.45, 2.75) is 0 Å². The molecule has 28 heavy (non-hydrogen) atoms. The predicted octanol–water partition coefficient (Wildman–Crippen LogP) is 6.11. The highest BCUT2D eigenvalue weighted by molar-refractivity contribution is 6.46. The molecule has 0 heterocycles. The van der Waals surface area contributed by atoms with Crippen molar-refractivity contribution in [3.05, 3.63) is 87.4 Å². The Morgan fingerprint density at radius 2 is 1.46 bits per heavy atom. The highest BCUT2D eigenvalue weighted by Gasteiger charge is 2.20. The lowest BCUT2D eigenvalue weighted by atomic mass is 10.0. The van der Waals surface area contributed by atoms with E-state index in [2.05, 4.69) is 5.32 Å². The van der Waals surface area contributed by atoms with Gasteiger partial charge in [0.2, 0.25) is 0 Å². The molecule has 0 radical (unpaired) electrons. The van der Waals surface area contributed by atoms with E-state index in [1.54, 1.807) is 12.1 Å². The van der Waals surface area contributed by atoms with Gasteiger partial charge in [-0.3, -0.25) is 4.79 Å². The summed E-state index contributed by atoms with van der Waals surface area (Å²) in [6, 6.07) is 19.9. The van der Waals surface area contributed by atoms with Crippen LogP contribution in [0, 0.1) is 0 Å². The molecule has 0 aliphatic heterocycles. The van der Waals surface area contributed by atoms with Gasteiger partial charge in [-0.15, -0.1) is 0 Å². The molecule has 1 N–H and O–H groups in total. The Labute approximate surface area is 177 Å². The van der Waals surface area contributed by atoms with Crippen molar-refractivity contribution in [2.75, 3.05) is 11.9 Å². The predicted molar refractivity (Wildman–Crippen MR) is 112 cm³/mol. The maximum absolute atomic E-state index is 12.3. The van der Waals surface area contributed by atoms with Gasteiger partial charge in [0.1, 0.15) is 0 Å². The smallest absolute Gasteiger partial charge is 0.341 e. The second kappa shape index (κ2) is 9.11. The Hall–Kier alpha value is -2.53. The maximum Gasteiger partial charge on any atom is 0.341 e. The fourth-order valence-corrected chi connectivity index (χ4v) is 3.25. The van der Waals surface area contributed by atoms with Crippen LogP contribution >= 0.6 is 34.8 Å². The van der Waals surface area contributed by atoms with Gasteiger partial charge in [-0.05, 0) is 23.8 Å². The molecule has 1 amide bonds. The van der Waals surface area contributed by atoms with E-state index in [9.17, 15) is 9.59 Å². The Bertz CT molecular complexity index is 1020. The number of ether oxygens (including phenoxy) is 1. The van der Waals surface area contributed by atoms with Gasteiger partial charge in [0, 0.05) is 11.3 Å². The Morgan fingerprint density at radius 1 is 0.821 bits per heavy atom. The van der Waals surface area contributed by atoms with Crippen LogP contribution in [0.3, 0.4) is 0 Å². The molecule has 3 aromatic carbocycles. The summed E-state index contributed by atoms with van der Waals surface area (Å²) >= 11 is 17.9. The molecular weight excluding hydrogens is 421 g/mol. The molecule has 4 nitrogen and oxygen atoms in total. The number of nitrogens with one attached hydrogen (secondary N) is 1. The standard InChI is InChI=1S/C21H14Cl3NO3/c22-15-10-11-16(23)20(24)19(15)21(27)28-12-18(26)25-17-9-5-4-8-14(17)13-6-2-1-3-7-13/h1-11H,12H2,(H,25,26). The SMILES string of the molecule is O=C(COC(=O)c1c(Cl)ccc(Cl)c1Cl)Nc1ccccc1-c1ccccc1. The third kappa shape index (κ3) is 4.65. The quantitative estimate of drug-likeness (QED) is 0.389.